The van der Waals surface area contributed by atoms with Crippen molar-refractivity contribution in [2.75, 3.05) is 26.7 Å². The Morgan fingerprint density at radius 3 is 2.41 bits per heavy atom. The number of carbonyl (C=O) groups excluding carboxylic acids is 1. The van der Waals surface area contributed by atoms with Crippen LogP contribution in [-0.4, -0.2) is 43.2 Å². The van der Waals surface area contributed by atoms with Gasteiger partial charge >= 0.3 is 5.97 Å². The molecule has 1 fully saturated rings. The summed E-state index contributed by atoms with van der Waals surface area (Å²) in [5, 5.41) is 0. The zero-order chi connectivity index (χ0) is 13.3. The van der Waals surface area contributed by atoms with Gasteiger partial charge in [0, 0.05) is 13.1 Å². The van der Waals surface area contributed by atoms with Crippen LogP contribution in [0.2, 0.25) is 0 Å². The summed E-state index contributed by atoms with van der Waals surface area (Å²) in [4.78, 5) is 13.8. The van der Waals surface area contributed by atoms with Crippen LogP contribution in [0.15, 0.2) is 0 Å². The minimum absolute atomic E-state index is 0.324. The van der Waals surface area contributed by atoms with E-state index in [2.05, 4.69) is 25.7 Å². The fraction of sp³-hybridized carbons (Fsp3) is 0.923. The lowest BCUT2D eigenvalue weighted by molar-refractivity contribution is -0.147. The van der Waals surface area contributed by atoms with Crippen LogP contribution in [0.3, 0.4) is 0 Å². The van der Waals surface area contributed by atoms with Crippen molar-refractivity contribution in [3.05, 3.63) is 0 Å². The second-order valence-electron chi connectivity index (χ2n) is 6.50. The van der Waals surface area contributed by atoms with E-state index >= 15 is 0 Å². The lowest BCUT2D eigenvalue weighted by atomic mass is 9.80. The van der Waals surface area contributed by atoms with Gasteiger partial charge in [-0.2, -0.15) is 0 Å². The largest absolute Gasteiger partial charge is 0.468 e. The number of esters is 1. The average Bonchev–Trinajstić information content (AvgIpc) is 2.63. The van der Waals surface area contributed by atoms with E-state index in [-0.39, 0.29) is 5.97 Å². The van der Waals surface area contributed by atoms with Crippen molar-refractivity contribution >= 4 is 5.97 Å². The number of nitrogens with two attached hydrogens (primary N) is 1. The first kappa shape index (κ1) is 14.5. The first-order chi connectivity index (χ1) is 7.66. The van der Waals surface area contributed by atoms with Gasteiger partial charge in [0.1, 0.15) is 5.54 Å². The number of carbonyl (C=O) groups is 1. The molecule has 17 heavy (non-hydrogen) atoms. The van der Waals surface area contributed by atoms with Gasteiger partial charge < -0.3 is 15.4 Å². The summed E-state index contributed by atoms with van der Waals surface area (Å²) in [7, 11) is 1.38. The quantitative estimate of drug-likeness (QED) is 0.757. The molecule has 0 aromatic heterocycles. The summed E-state index contributed by atoms with van der Waals surface area (Å²) in [5.74, 6) is 0.340. The lowest BCUT2D eigenvalue weighted by Crippen LogP contribution is -2.54. The van der Waals surface area contributed by atoms with E-state index in [1.54, 1.807) is 6.92 Å². The summed E-state index contributed by atoms with van der Waals surface area (Å²) in [5.41, 5.74) is 5.41. The Bertz CT molecular complexity index is 282. The molecule has 0 saturated carbocycles. The Kier molecular flexibility index (Phi) is 4.20. The fourth-order valence-corrected chi connectivity index (χ4v) is 2.45. The summed E-state index contributed by atoms with van der Waals surface area (Å²) in [6, 6.07) is 0. The van der Waals surface area contributed by atoms with Crippen LogP contribution in [0, 0.1) is 11.3 Å². The van der Waals surface area contributed by atoms with Crippen LogP contribution in [0.25, 0.3) is 0 Å². The molecule has 1 heterocycles. The van der Waals surface area contributed by atoms with Crippen molar-refractivity contribution in [1.82, 2.24) is 4.90 Å². The van der Waals surface area contributed by atoms with Crippen molar-refractivity contribution < 1.29 is 9.53 Å². The molecule has 0 aliphatic carbocycles. The van der Waals surface area contributed by atoms with Gasteiger partial charge in [0.2, 0.25) is 0 Å². The molecule has 100 valence electrons. The second-order valence-corrected chi connectivity index (χ2v) is 6.50. The zero-order valence-electron chi connectivity index (χ0n) is 11.7. The summed E-state index contributed by atoms with van der Waals surface area (Å²) in [6.45, 7) is 11.2. The highest BCUT2D eigenvalue weighted by Gasteiger charge is 2.37. The molecule has 1 aliphatic rings. The highest BCUT2D eigenvalue weighted by atomic mass is 16.5. The van der Waals surface area contributed by atoms with Gasteiger partial charge in [-0.25, -0.2) is 0 Å². The maximum atomic E-state index is 11.5. The van der Waals surface area contributed by atoms with Crippen LogP contribution in [-0.2, 0) is 9.53 Å². The van der Waals surface area contributed by atoms with Crippen LogP contribution in [0.4, 0.5) is 0 Å². The SMILES string of the molecule is COC(=O)C(C)(N)CN1CCC(C(C)(C)C)C1. The summed E-state index contributed by atoms with van der Waals surface area (Å²) in [6.07, 6.45) is 1.18. The van der Waals surface area contributed by atoms with Gasteiger partial charge in [0.15, 0.2) is 0 Å². The van der Waals surface area contributed by atoms with Gasteiger partial charge in [-0.3, -0.25) is 4.79 Å². The number of methoxy groups -OCH3 is 1. The standard InChI is InChI=1S/C13H26N2O2/c1-12(2,3)10-6-7-15(8-10)9-13(4,14)11(16)17-5/h10H,6-9,14H2,1-5H3. The number of ether oxygens (including phenoxy) is 1. The number of rotatable bonds is 3. The first-order valence-corrected chi connectivity index (χ1v) is 6.26. The summed E-state index contributed by atoms with van der Waals surface area (Å²) >= 11 is 0. The average molecular weight is 242 g/mol. The van der Waals surface area contributed by atoms with Crippen molar-refractivity contribution in [2.24, 2.45) is 17.1 Å². The third-order valence-corrected chi connectivity index (χ3v) is 3.70. The van der Waals surface area contributed by atoms with Crippen molar-refractivity contribution in [1.29, 1.82) is 0 Å². The fourth-order valence-electron chi connectivity index (χ4n) is 2.45. The van der Waals surface area contributed by atoms with E-state index in [1.807, 2.05) is 0 Å². The van der Waals surface area contributed by atoms with Gasteiger partial charge in [0.05, 0.1) is 7.11 Å². The molecule has 1 aliphatic heterocycles. The van der Waals surface area contributed by atoms with Gasteiger partial charge in [-0.1, -0.05) is 20.8 Å². The molecule has 2 atom stereocenters. The first-order valence-electron chi connectivity index (χ1n) is 6.26. The smallest absolute Gasteiger partial charge is 0.326 e. The number of nitrogens with zero attached hydrogens (tertiary/aromatic N) is 1. The lowest BCUT2D eigenvalue weighted by Gasteiger charge is -2.30. The monoisotopic (exact) mass is 242 g/mol. The minimum atomic E-state index is -0.901. The molecular formula is C13H26N2O2. The van der Waals surface area contributed by atoms with Crippen molar-refractivity contribution in [2.45, 2.75) is 39.7 Å². The third kappa shape index (κ3) is 3.68. The molecule has 0 aromatic carbocycles. The predicted molar refractivity (Wildman–Crippen MR) is 68.6 cm³/mol. The van der Waals surface area contributed by atoms with Gasteiger partial charge in [-0.15, -0.1) is 0 Å². The highest BCUT2D eigenvalue weighted by molar-refractivity contribution is 5.80. The Morgan fingerprint density at radius 2 is 2.00 bits per heavy atom. The Morgan fingerprint density at radius 1 is 1.41 bits per heavy atom. The molecule has 0 amide bonds. The van der Waals surface area contributed by atoms with E-state index in [9.17, 15) is 4.79 Å². The second kappa shape index (κ2) is 4.94. The van der Waals surface area contributed by atoms with Crippen molar-refractivity contribution in [3.8, 4) is 0 Å². The summed E-state index contributed by atoms with van der Waals surface area (Å²) < 4.78 is 4.73. The Balaban J connectivity index is 2.53. The molecule has 0 spiro atoms. The van der Waals surface area contributed by atoms with Crippen LogP contribution < -0.4 is 5.73 Å². The molecule has 0 aromatic rings. The minimum Gasteiger partial charge on any atom is -0.468 e. The van der Waals surface area contributed by atoms with E-state index in [0.29, 0.717) is 17.9 Å². The maximum Gasteiger partial charge on any atom is 0.326 e. The predicted octanol–water partition coefficient (Wildman–Crippen LogP) is 1.24. The molecule has 1 rings (SSSR count). The molecule has 4 heteroatoms. The Labute approximate surface area is 104 Å². The normalized spacial score (nSPS) is 25.6. The van der Waals surface area contributed by atoms with E-state index in [0.717, 1.165) is 13.1 Å². The van der Waals surface area contributed by atoms with E-state index in [1.165, 1.54) is 13.5 Å². The Hall–Kier alpha value is -0.610. The topological polar surface area (TPSA) is 55.6 Å². The van der Waals surface area contributed by atoms with Gasteiger partial charge in [0.25, 0.3) is 0 Å². The van der Waals surface area contributed by atoms with Crippen LogP contribution in [0.5, 0.6) is 0 Å². The molecule has 2 N–H and O–H groups in total. The number of likely N-dealkylation sites (tertiary alicyclic amines) is 1. The van der Waals surface area contributed by atoms with Crippen LogP contribution >= 0.6 is 0 Å². The molecule has 0 bridgehead atoms. The molecular weight excluding hydrogens is 216 g/mol. The maximum absolute atomic E-state index is 11.5. The molecule has 2 unspecified atom stereocenters. The highest BCUT2D eigenvalue weighted by Crippen LogP contribution is 2.33. The number of hydrogen-bond donors (Lipinski definition) is 1. The van der Waals surface area contributed by atoms with Gasteiger partial charge in [-0.05, 0) is 31.2 Å². The molecule has 4 nitrogen and oxygen atoms in total. The number of hydrogen-bond acceptors (Lipinski definition) is 4. The van der Waals surface area contributed by atoms with E-state index in [4.69, 9.17) is 10.5 Å². The third-order valence-electron chi connectivity index (χ3n) is 3.70. The van der Waals surface area contributed by atoms with Crippen LogP contribution in [0.1, 0.15) is 34.1 Å². The molecule has 0 radical (unpaired) electrons. The van der Waals surface area contributed by atoms with Crippen molar-refractivity contribution in [3.63, 3.8) is 0 Å². The zero-order valence-corrected chi connectivity index (χ0v) is 11.7. The molecule has 1 saturated heterocycles. The van der Waals surface area contributed by atoms with E-state index < -0.39 is 5.54 Å².